The van der Waals surface area contributed by atoms with Gasteiger partial charge in [0.25, 0.3) is 0 Å². The smallest absolute Gasteiger partial charge is 0.187 e. The minimum atomic E-state index is -2.05. The van der Waals surface area contributed by atoms with Gasteiger partial charge in [-0.05, 0) is 97.7 Å². The van der Waals surface area contributed by atoms with Gasteiger partial charge in [0.1, 0.15) is 116 Å². The zero-order valence-electron chi connectivity index (χ0n) is 48.3. The second kappa shape index (κ2) is 26.4. The molecule has 29 nitrogen and oxygen atoms in total. The van der Waals surface area contributed by atoms with E-state index in [-0.39, 0.29) is 53.1 Å². The van der Waals surface area contributed by atoms with Gasteiger partial charge < -0.3 is 144 Å². The molecule has 10 fully saturated rings. The van der Waals surface area contributed by atoms with Gasteiger partial charge in [-0.25, -0.2) is 0 Å². The average Bonchev–Trinajstić information content (AvgIpc) is 1.73. The van der Waals surface area contributed by atoms with Gasteiger partial charge >= 0.3 is 0 Å². The van der Waals surface area contributed by atoms with E-state index in [1.54, 1.807) is 0 Å². The third-order valence-electron chi connectivity index (χ3n) is 21.8. The summed E-state index contributed by atoms with van der Waals surface area (Å²) in [6.45, 7) is 4.91. The molecule has 6 heterocycles. The van der Waals surface area contributed by atoms with Crippen LogP contribution in [0.3, 0.4) is 0 Å². The Kier molecular flexibility index (Phi) is 20.8. The summed E-state index contributed by atoms with van der Waals surface area (Å²) in [5.74, 6) is -0.636. The average molecular weight is 1230 g/mol. The molecule has 18 N–H and O–H groups in total. The van der Waals surface area contributed by atoms with Crippen molar-refractivity contribution in [2.75, 3.05) is 39.6 Å². The van der Waals surface area contributed by atoms with Gasteiger partial charge in [0.15, 0.2) is 37.2 Å². The Labute approximate surface area is 491 Å². The standard InChI is InChI=1S/C56H94O29/c1-20(18-75-49-43(71)39(67)36(64)30(14-57)78-49)7-10-56(74)21(2)34-29(85-56)12-25-23-6-5-22-11-28(26(61)13-55(22,4)24(23)8-9-54(25,34)3)77-51-45(73)41(69)46(33(17-60)81-51)82-53-48(84-52-44(72)40(68)37(65)31(15-58)79-52)47(38(66)32(16-59)80-53)83-50-42(70)35(63)27(62)19-76-50/h20-53,57-74H,5-19H2,1-4H3/t20?,21-,22-,23+,24-,25-,26+,27?,28?,29?,30?,31?,32?,33?,34?,35?,36?,37?,38?,39?,40?,41?,42?,43?,44?,45?,46?,47?,48?,49?,50?,51?,52?,53?,54?,55?,56+/m0/s1. The van der Waals surface area contributed by atoms with E-state index in [9.17, 15) is 91.9 Å². The van der Waals surface area contributed by atoms with Crippen molar-refractivity contribution in [3.63, 3.8) is 0 Å². The Balaban J connectivity index is 0.771. The van der Waals surface area contributed by atoms with Crippen LogP contribution in [0.25, 0.3) is 0 Å². The molecule has 10 aliphatic rings. The third kappa shape index (κ3) is 12.3. The fourth-order valence-electron chi connectivity index (χ4n) is 16.9. The van der Waals surface area contributed by atoms with E-state index in [0.29, 0.717) is 37.5 Å². The Hall–Kier alpha value is -1.16. The van der Waals surface area contributed by atoms with Gasteiger partial charge in [-0.15, -0.1) is 0 Å². The highest BCUT2D eigenvalue weighted by Crippen LogP contribution is 2.71. The maximum Gasteiger partial charge on any atom is 0.187 e. The summed E-state index contributed by atoms with van der Waals surface area (Å²) in [4.78, 5) is 0. The molecule has 492 valence electrons. The van der Waals surface area contributed by atoms with Gasteiger partial charge in [-0.3, -0.25) is 0 Å². The molecule has 6 saturated heterocycles. The first-order valence-electron chi connectivity index (χ1n) is 30.4. The molecule has 37 atom stereocenters. The predicted octanol–water partition coefficient (Wildman–Crippen LogP) is -6.52. The summed E-state index contributed by atoms with van der Waals surface area (Å²) >= 11 is 0. The number of aliphatic hydroxyl groups is 18. The lowest BCUT2D eigenvalue weighted by Gasteiger charge is -2.62. The fraction of sp³-hybridized carbons (Fsp3) is 1.00. The summed E-state index contributed by atoms with van der Waals surface area (Å²) in [6, 6.07) is 0. The van der Waals surface area contributed by atoms with Crippen molar-refractivity contribution in [1.82, 2.24) is 0 Å². The first kappa shape index (κ1) is 66.8. The molecule has 10 rings (SSSR count). The number of rotatable bonds is 18. The number of fused-ring (bicyclic) bond motifs is 7. The number of aliphatic hydroxyl groups excluding tert-OH is 17. The normalized spacial score (nSPS) is 55.8. The van der Waals surface area contributed by atoms with E-state index in [1.165, 1.54) is 0 Å². The predicted molar refractivity (Wildman–Crippen MR) is 280 cm³/mol. The van der Waals surface area contributed by atoms with Crippen LogP contribution in [0.2, 0.25) is 0 Å². The Bertz CT molecular complexity index is 2170. The lowest BCUT2D eigenvalue weighted by Crippen LogP contribution is -2.68. The molecule has 85 heavy (non-hydrogen) atoms. The summed E-state index contributed by atoms with van der Waals surface area (Å²) < 4.78 is 65.5. The molecule has 0 aromatic rings. The fourth-order valence-corrected chi connectivity index (χ4v) is 16.9. The maximum absolute atomic E-state index is 12.1. The lowest BCUT2D eigenvalue weighted by molar-refractivity contribution is -0.404. The Morgan fingerprint density at radius 3 is 1.73 bits per heavy atom. The van der Waals surface area contributed by atoms with Crippen molar-refractivity contribution in [2.24, 2.45) is 52.3 Å². The van der Waals surface area contributed by atoms with E-state index in [4.69, 9.17) is 52.1 Å². The molecule has 4 aliphatic carbocycles. The zero-order valence-corrected chi connectivity index (χ0v) is 48.3. The van der Waals surface area contributed by atoms with Crippen molar-refractivity contribution >= 4 is 0 Å². The first-order valence-corrected chi connectivity index (χ1v) is 30.4. The molecule has 0 aromatic carbocycles. The SMILES string of the molecule is CC(CC[C@@]1(O)OC2C[C@H]3[C@@H]4CC[C@H]5CC(OC6OC(CO)C(OC7OC(CO)C(O)C(OC8OCC(O)C(O)C8O)C7OC7OC(CO)C(O)C(O)C7O)C(O)C6O)[C@H](O)CC5(C)[C@H]4CCC3(C)C2[C@@H]1C)COC1OC(CO)C(O)C(O)C1O. The van der Waals surface area contributed by atoms with Gasteiger partial charge in [-0.1, -0.05) is 27.7 Å². The molecule has 30 unspecified atom stereocenters. The lowest BCUT2D eigenvalue weighted by atomic mass is 9.44. The van der Waals surface area contributed by atoms with Gasteiger partial charge in [0.05, 0.1) is 58.0 Å². The van der Waals surface area contributed by atoms with Crippen LogP contribution in [0.1, 0.15) is 85.5 Å². The van der Waals surface area contributed by atoms with Crippen molar-refractivity contribution in [1.29, 1.82) is 0 Å². The van der Waals surface area contributed by atoms with E-state index < -0.39 is 198 Å². The van der Waals surface area contributed by atoms with Crippen molar-refractivity contribution in [3.05, 3.63) is 0 Å². The van der Waals surface area contributed by atoms with Crippen LogP contribution in [0.15, 0.2) is 0 Å². The highest BCUT2D eigenvalue weighted by molar-refractivity contribution is 5.16. The molecule has 0 spiro atoms. The molecule has 6 aliphatic heterocycles. The zero-order chi connectivity index (χ0) is 61.5. The highest BCUT2D eigenvalue weighted by atomic mass is 16.8. The molecular formula is C56H94O29. The van der Waals surface area contributed by atoms with Crippen LogP contribution in [-0.2, 0) is 52.1 Å². The molecule has 29 heteroatoms. The van der Waals surface area contributed by atoms with E-state index >= 15 is 0 Å². The van der Waals surface area contributed by atoms with Crippen LogP contribution in [-0.4, -0.2) is 303 Å². The van der Waals surface area contributed by atoms with Crippen molar-refractivity contribution < 1.29 is 144 Å². The molecule has 4 saturated carbocycles. The minimum absolute atomic E-state index is 0.0808. The largest absolute Gasteiger partial charge is 0.394 e. The van der Waals surface area contributed by atoms with Crippen LogP contribution in [0.5, 0.6) is 0 Å². The summed E-state index contributed by atoms with van der Waals surface area (Å²) in [6.07, 6.45) is -37.5. The Morgan fingerprint density at radius 1 is 0.518 bits per heavy atom. The van der Waals surface area contributed by atoms with Gasteiger partial charge in [0, 0.05) is 12.3 Å². The summed E-state index contributed by atoms with van der Waals surface area (Å²) in [5.41, 5.74) is -0.434. The monoisotopic (exact) mass is 1230 g/mol. The highest BCUT2D eigenvalue weighted by Gasteiger charge is 2.69. The van der Waals surface area contributed by atoms with E-state index in [1.807, 2.05) is 6.92 Å². The Morgan fingerprint density at radius 2 is 1.07 bits per heavy atom. The van der Waals surface area contributed by atoms with Crippen molar-refractivity contribution in [3.8, 4) is 0 Å². The van der Waals surface area contributed by atoms with Gasteiger partial charge in [0.2, 0.25) is 0 Å². The van der Waals surface area contributed by atoms with Crippen LogP contribution in [0.4, 0.5) is 0 Å². The number of hydrogen-bond acceptors (Lipinski definition) is 29. The van der Waals surface area contributed by atoms with Crippen LogP contribution in [0, 0.1) is 52.3 Å². The summed E-state index contributed by atoms with van der Waals surface area (Å²) in [7, 11) is 0. The molecule has 0 radical (unpaired) electrons. The maximum atomic E-state index is 12.1. The minimum Gasteiger partial charge on any atom is -0.394 e. The van der Waals surface area contributed by atoms with Crippen molar-refractivity contribution in [2.45, 2.75) is 257 Å². The molecule has 0 amide bonds. The number of hydrogen-bond donors (Lipinski definition) is 18. The quantitative estimate of drug-likeness (QED) is 0.0568. The van der Waals surface area contributed by atoms with E-state index in [0.717, 1.165) is 32.1 Å². The topological polar surface area (TPSA) is 466 Å². The third-order valence-corrected chi connectivity index (χ3v) is 21.8. The molecular weight excluding hydrogens is 1140 g/mol. The summed E-state index contributed by atoms with van der Waals surface area (Å²) in [5, 5.41) is 194. The van der Waals surface area contributed by atoms with Crippen LogP contribution >= 0.6 is 0 Å². The number of ether oxygens (including phenoxy) is 11. The van der Waals surface area contributed by atoms with Gasteiger partial charge in [-0.2, -0.15) is 0 Å². The first-order chi connectivity index (χ1) is 40.2. The second-order valence-electron chi connectivity index (χ2n) is 26.8. The van der Waals surface area contributed by atoms with E-state index in [2.05, 4.69) is 20.8 Å². The molecule has 0 aromatic heterocycles. The molecule has 0 bridgehead atoms. The van der Waals surface area contributed by atoms with Crippen LogP contribution < -0.4 is 0 Å². The second-order valence-corrected chi connectivity index (χ2v) is 26.8.